The summed E-state index contributed by atoms with van der Waals surface area (Å²) in [6.45, 7) is 3.76. The van der Waals surface area contributed by atoms with Crippen molar-refractivity contribution in [3.8, 4) is 29.1 Å². The van der Waals surface area contributed by atoms with Crippen molar-refractivity contribution >= 4 is 52.0 Å². The Kier molecular flexibility index (Phi) is 22.6. The average molecular weight is 1060 g/mol. The number of nitrogens with one attached hydrogen (secondary N) is 1. The topological polar surface area (TPSA) is 339 Å². The van der Waals surface area contributed by atoms with Gasteiger partial charge in [0.05, 0.1) is 87.9 Å². The molecule has 2 aliphatic carbocycles. The molecule has 0 bridgehead atoms. The van der Waals surface area contributed by atoms with Gasteiger partial charge in [-0.3, -0.25) is 14.5 Å². The van der Waals surface area contributed by atoms with Gasteiger partial charge in [0, 0.05) is 59.4 Å². The van der Waals surface area contributed by atoms with Crippen molar-refractivity contribution < 1.29 is 68.0 Å². The highest BCUT2D eigenvalue weighted by Crippen LogP contribution is 2.37. The smallest absolute Gasteiger partial charge is 0.402 e. The van der Waals surface area contributed by atoms with Gasteiger partial charge in [-0.15, -0.1) is 9.46 Å². The molecule has 0 atom stereocenters. The van der Waals surface area contributed by atoms with Crippen LogP contribution in [0.2, 0.25) is 0 Å². The maximum atomic E-state index is 12.7. The van der Waals surface area contributed by atoms with Gasteiger partial charge in [-0.25, -0.2) is 14.6 Å². The Morgan fingerprint density at radius 3 is 1.82 bits per heavy atom. The summed E-state index contributed by atoms with van der Waals surface area (Å²) in [5.41, 5.74) is 13.4. The number of carboxylic acid groups (broad SMARTS) is 2. The number of ether oxygens (including phenoxy) is 5. The molecule has 0 unspecified atom stereocenters. The van der Waals surface area contributed by atoms with E-state index in [2.05, 4.69) is 25.1 Å². The molecule has 2 aliphatic rings. The summed E-state index contributed by atoms with van der Waals surface area (Å²) in [6.07, 6.45) is 10.2. The van der Waals surface area contributed by atoms with Crippen molar-refractivity contribution in [3.05, 3.63) is 118 Å². The number of aromatic carboxylic acids is 2. The monoisotopic (exact) mass is 1060 g/mol. The molecule has 6 aromatic rings. The highest BCUT2D eigenvalue weighted by atomic mass is 16.6. The number of anilines is 3. The lowest BCUT2D eigenvalue weighted by atomic mass is 9.84. The zero-order chi connectivity index (χ0) is 54.3. The lowest BCUT2D eigenvalue weighted by Gasteiger charge is -2.33. The molecule has 0 radical (unpaired) electrons. The van der Waals surface area contributed by atoms with Crippen LogP contribution in [0.5, 0.6) is 29.1 Å². The number of nitrogen functional groups attached to an aromatic ring is 2. The van der Waals surface area contributed by atoms with E-state index in [1.54, 1.807) is 55.8 Å². The summed E-state index contributed by atoms with van der Waals surface area (Å²) in [5.74, 6) is -1.57. The highest BCUT2D eigenvalue weighted by Gasteiger charge is 2.31. The van der Waals surface area contributed by atoms with Gasteiger partial charge in [0.25, 0.3) is 5.69 Å². The number of benzene rings is 2. The van der Waals surface area contributed by atoms with Gasteiger partial charge in [0.2, 0.25) is 5.88 Å². The average Bonchev–Trinajstić information content (AvgIpc) is 3.79. The molecule has 9 N–H and O–H groups in total. The molecule has 4 heterocycles. The number of carbonyl (C=O) groups is 3. The van der Waals surface area contributed by atoms with Gasteiger partial charge < -0.3 is 71.3 Å². The number of aliphatic hydroxyl groups is 2. The number of fused-ring (bicyclic) bond motifs is 1. The summed E-state index contributed by atoms with van der Waals surface area (Å²) in [5, 5.41) is 68.7. The van der Waals surface area contributed by atoms with E-state index in [1.165, 1.54) is 64.8 Å². The van der Waals surface area contributed by atoms with Crippen LogP contribution < -0.4 is 49.9 Å². The number of nitrogens with two attached hydrogens (primary N) is 2. The quantitative estimate of drug-likeness (QED) is 0.0285. The van der Waals surface area contributed by atoms with Gasteiger partial charge >= 0.3 is 35.3 Å². The molecular formula is C53H71N9O14. The van der Waals surface area contributed by atoms with Gasteiger partial charge in [0.1, 0.15) is 11.5 Å². The third-order valence-corrected chi connectivity index (χ3v) is 12.2. The summed E-state index contributed by atoms with van der Waals surface area (Å²) in [7, 11) is 7.18. The summed E-state index contributed by atoms with van der Waals surface area (Å²) < 4.78 is 27.5. The SMILES string of the molecule is C.C.COc1cc(N)c(C=NC2CCC(C)(O)CC2)cc1N.COc1cc2nn(C3CCC(C)(O)CC3)cc2cc1NC(=O)c1cccc(OC)[n+]1[O-].COc1cccc(C(=O)O)[n+]1[O-].COc1cccc(C(=O)O)n1. The first-order valence-electron chi connectivity index (χ1n) is 23.2. The normalized spacial score (nSPS) is 18.5. The molecule has 0 saturated heterocycles. The fourth-order valence-electron chi connectivity index (χ4n) is 7.91. The van der Waals surface area contributed by atoms with E-state index in [-0.39, 0.29) is 60.5 Å². The zero-order valence-corrected chi connectivity index (χ0v) is 42.2. The fraction of sp³-hybridized carbons (Fsp3) is 0.396. The van der Waals surface area contributed by atoms with E-state index in [1.807, 2.05) is 24.7 Å². The number of nitrogens with zero attached hydrogens (tertiary/aromatic N) is 6. The number of carbonyl (C=O) groups excluding carboxylic acids is 1. The largest absolute Gasteiger partial charge is 0.615 e. The first-order chi connectivity index (χ1) is 35.1. The second-order valence-corrected chi connectivity index (χ2v) is 17.8. The minimum atomic E-state index is -1.27. The van der Waals surface area contributed by atoms with Crippen molar-refractivity contribution in [1.29, 1.82) is 0 Å². The van der Waals surface area contributed by atoms with Crippen molar-refractivity contribution in [2.75, 3.05) is 52.3 Å². The lowest BCUT2D eigenvalue weighted by Crippen LogP contribution is -2.38. The van der Waals surface area contributed by atoms with E-state index in [0.717, 1.165) is 67.8 Å². The third-order valence-electron chi connectivity index (χ3n) is 12.2. The van der Waals surface area contributed by atoms with E-state index < -0.39 is 29.0 Å². The predicted octanol–water partition coefficient (Wildman–Crippen LogP) is 6.86. The molecule has 0 spiro atoms. The van der Waals surface area contributed by atoms with Gasteiger partial charge in [-0.05, 0) is 95.5 Å². The Morgan fingerprint density at radius 2 is 1.28 bits per heavy atom. The van der Waals surface area contributed by atoms with Crippen LogP contribution >= 0.6 is 0 Å². The van der Waals surface area contributed by atoms with Crippen LogP contribution in [-0.4, -0.2) is 112 Å². The van der Waals surface area contributed by atoms with E-state index in [0.29, 0.717) is 39.2 Å². The van der Waals surface area contributed by atoms with Gasteiger partial charge in [-0.1, -0.05) is 20.9 Å². The van der Waals surface area contributed by atoms with Crippen LogP contribution in [0.4, 0.5) is 17.1 Å². The molecule has 2 fully saturated rings. The Bertz CT molecular complexity index is 2920. The molecule has 0 aliphatic heterocycles. The lowest BCUT2D eigenvalue weighted by molar-refractivity contribution is -0.615. The predicted molar refractivity (Wildman–Crippen MR) is 287 cm³/mol. The maximum Gasteiger partial charge on any atom is 0.402 e. The van der Waals surface area contributed by atoms with Gasteiger partial charge in [-0.2, -0.15) is 5.10 Å². The Labute approximate surface area is 441 Å². The number of hydrogen-bond acceptors (Lipinski definition) is 17. The summed E-state index contributed by atoms with van der Waals surface area (Å²) in [6, 6.07) is 20.6. The maximum absolute atomic E-state index is 12.7. The third kappa shape index (κ3) is 16.5. The Morgan fingerprint density at radius 1 is 0.724 bits per heavy atom. The number of rotatable bonds is 12. The van der Waals surface area contributed by atoms with Gasteiger partial charge in [0.15, 0.2) is 5.69 Å². The molecule has 412 valence electrons. The second kappa shape index (κ2) is 27.7. The molecule has 4 aromatic heterocycles. The highest BCUT2D eigenvalue weighted by molar-refractivity contribution is 6.04. The number of amides is 1. The molecule has 76 heavy (non-hydrogen) atoms. The first kappa shape index (κ1) is 61.9. The molecule has 23 nitrogen and oxygen atoms in total. The van der Waals surface area contributed by atoms with Crippen LogP contribution in [0.15, 0.2) is 90.1 Å². The Balaban J connectivity index is 0.000000290. The van der Waals surface area contributed by atoms with Crippen LogP contribution in [0, 0.1) is 10.4 Å². The summed E-state index contributed by atoms with van der Waals surface area (Å²) in [4.78, 5) is 41.7. The van der Waals surface area contributed by atoms with Crippen LogP contribution in [0.25, 0.3) is 10.9 Å². The second-order valence-electron chi connectivity index (χ2n) is 17.8. The molecule has 2 saturated carbocycles. The number of carboxylic acids is 2. The van der Waals surface area contributed by atoms with Crippen molar-refractivity contribution in [2.24, 2.45) is 4.99 Å². The van der Waals surface area contributed by atoms with E-state index >= 15 is 0 Å². The van der Waals surface area contributed by atoms with Crippen LogP contribution in [-0.2, 0) is 0 Å². The molecule has 23 heteroatoms. The minimum absolute atomic E-state index is 0. The number of pyridine rings is 3. The first-order valence-corrected chi connectivity index (χ1v) is 23.2. The number of hydrogen-bond donors (Lipinski definition) is 7. The van der Waals surface area contributed by atoms with Crippen LogP contribution in [0.3, 0.4) is 0 Å². The number of aliphatic imine (C=N–C) groups is 1. The van der Waals surface area contributed by atoms with E-state index in [9.17, 15) is 35.0 Å². The molecular weight excluding hydrogens is 987 g/mol. The van der Waals surface area contributed by atoms with Crippen molar-refractivity contribution in [3.63, 3.8) is 0 Å². The number of aromatic nitrogens is 5. The van der Waals surface area contributed by atoms with Crippen molar-refractivity contribution in [2.45, 2.75) is 103 Å². The Hall–Kier alpha value is -8.44. The van der Waals surface area contributed by atoms with E-state index in [4.69, 9.17) is 40.6 Å². The molecule has 8 rings (SSSR count). The number of methoxy groups -OCH3 is 5. The summed E-state index contributed by atoms with van der Waals surface area (Å²) >= 11 is 0. The molecule has 1 amide bonds. The minimum Gasteiger partial charge on any atom is -0.615 e. The zero-order valence-electron chi connectivity index (χ0n) is 42.2. The van der Waals surface area contributed by atoms with Crippen LogP contribution in [0.1, 0.15) is 123 Å². The standard InChI is InChI=1S/C22H26N4O5.C15H23N3O2.C7H7NO4.C7H7NO3.2CH4/c1-22(28)9-7-15(8-10-22)25-13-14-11-17(19(30-2)12-16(14)24-25)23-21(27)18-5-4-6-20(31-3)26(18)29;1-15(19)5-3-11(4-6-15)18-9-10-7-13(17)14(20-2)8-12(10)16;1-12-6-4-2-3-5(7(9)10)8(6)11;1-11-6-4-2-3-5(8-6)7(9)10;;/h4-6,11-13,15,28H,7-10H2,1-3H3,(H,23,27);7-9,11,19H,3-6,16-17H2,1-2H3;2-4H,1H3,(H,9,10);2-4H,1H3,(H,9,10);2*1H4. The van der Waals surface area contributed by atoms with Crippen molar-refractivity contribution in [1.82, 2.24) is 14.8 Å². The molecule has 2 aromatic carbocycles. The fourth-order valence-corrected chi connectivity index (χ4v) is 7.91.